The number of carbonyl (C=O) groups is 1. The molecule has 0 atom stereocenters. The predicted octanol–water partition coefficient (Wildman–Crippen LogP) is 2.31. The zero-order valence-corrected chi connectivity index (χ0v) is 15.3. The Morgan fingerprint density at radius 2 is 1.67 bits per heavy atom. The van der Waals surface area contributed by atoms with Gasteiger partial charge in [0.2, 0.25) is 5.91 Å². The number of nitrogens with one attached hydrogen (secondary N) is 2. The smallest absolute Gasteiger partial charge is 0.332 e. The van der Waals surface area contributed by atoms with Crippen LogP contribution in [0.15, 0.2) is 29.2 Å². The van der Waals surface area contributed by atoms with Gasteiger partial charge < -0.3 is 10.6 Å². The molecule has 5 nitrogen and oxygen atoms in total. The van der Waals surface area contributed by atoms with Crippen LogP contribution in [0.25, 0.3) is 0 Å². The highest BCUT2D eigenvalue weighted by atomic mass is 32.3. The molecule has 2 N–H and O–H groups in total. The summed E-state index contributed by atoms with van der Waals surface area (Å²) >= 11 is 0. The Labute approximate surface area is 143 Å². The molecule has 1 aromatic carbocycles. The van der Waals surface area contributed by atoms with Gasteiger partial charge in [-0.3, -0.25) is 4.79 Å². The molecule has 1 aliphatic heterocycles. The summed E-state index contributed by atoms with van der Waals surface area (Å²) in [5.74, 6) is -0.121. The number of piperidine rings is 1. The van der Waals surface area contributed by atoms with Gasteiger partial charge in [-0.2, -0.15) is 8.42 Å². The lowest BCUT2D eigenvalue weighted by molar-refractivity contribution is -0.121. The van der Waals surface area contributed by atoms with Crippen molar-refractivity contribution in [3.63, 3.8) is 0 Å². The quantitative estimate of drug-likeness (QED) is 0.812. The van der Waals surface area contributed by atoms with E-state index in [1.807, 2.05) is 0 Å². The molecule has 0 aliphatic carbocycles. The van der Waals surface area contributed by atoms with E-state index < -0.39 is 15.1 Å². The Bertz CT molecular complexity index is 696. The van der Waals surface area contributed by atoms with Gasteiger partial charge in [-0.25, -0.2) is 0 Å². The molecule has 1 amide bonds. The molecule has 7 heteroatoms. The SMILES string of the molecule is CC1(C)CC(NC(=O)Cc2ccc(S(=O)(=O)F)cc2)CC(C)(C)N1. The van der Waals surface area contributed by atoms with Crippen LogP contribution < -0.4 is 10.6 Å². The molecule has 1 aromatic rings. The molecule has 1 fully saturated rings. The van der Waals surface area contributed by atoms with Gasteiger partial charge in [-0.05, 0) is 58.2 Å². The van der Waals surface area contributed by atoms with E-state index in [1.54, 1.807) is 0 Å². The van der Waals surface area contributed by atoms with Crippen molar-refractivity contribution >= 4 is 16.1 Å². The molecule has 0 aromatic heterocycles. The van der Waals surface area contributed by atoms with Crippen LogP contribution in [0.1, 0.15) is 46.1 Å². The van der Waals surface area contributed by atoms with Crippen molar-refractivity contribution in [3.05, 3.63) is 29.8 Å². The molecular formula is C17H25FN2O3S. The predicted molar refractivity (Wildman–Crippen MR) is 90.9 cm³/mol. The molecule has 1 aliphatic rings. The van der Waals surface area contributed by atoms with Crippen molar-refractivity contribution in [2.45, 2.75) is 69.0 Å². The van der Waals surface area contributed by atoms with E-state index in [4.69, 9.17) is 0 Å². The van der Waals surface area contributed by atoms with E-state index in [9.17, 15) is 17.1 Å². The largest absolute Gasteiger partial charge is 0.353 e. The van der Waals surface area contributed by atoms with Gasteiger partial charge in [0.25, 0.3) is 0 Å². The summed E-state index contributed by atoms with van der Waals surface area (Å²) in [5.41, 5.74) is 0.528. The van der Waals surface area contributed by atoms with Crippen LogP contribution >= 0.6 is 0 Å². The molecule has 0 unspecified atom stereocenters. The van der Waals surface area contributed by atoms with E-state index in [1.165, 1.54) is 24.3 Å². The van der Waals surface area contributed by atoms with Crippen LogP contribution in [0.4, 0.5) is 3.89 Å². The molecule has 0 spiro atoms. The Morgan fingerprint density at radius 1 is 1.17 bits per heavy atom. The van der Waals surface area contributed by atoms with Gasteiger partial charge in [-0.15, -0.1) is 3.89 Å². The number of carbonyl (C=O) groups excluding carboxylic acids is 1. The minimum Gasteiger partial charge on any atom is -0.353 e. The Hall–Kier alpha value is -1.47. The van der Waals surface area contributed by atoms with Crippen LogP contribution in [0.5, 0.6) is 0 Å². The Balaban J connectivity index is 1.98. The van der Waals surface area contributed by atoms with E-state index in [2.05, 4.69) is 38.3 Å². The molecule has 0 saturated carbocycles. The first kappa shape index (κ1) is 18.9. The highest BCUT2D eigenvalue weighted by molar-refractivity contribution is 7.86. The lowest BCUT2D eigenvalue weighted by Gasteiger charge is -2.46. The van der Waals surface area contributed by atoms with Crippen LogP contribution in [-0.4, -0.2) is 31.4 Å². The van der Waals surface area contributed by atoms with Crippen LogP contribution in [0, 0.1) is 0 Å². The molecule has 24 heavy (non-hydrogen) atoms. The van der Waals surface area contributed by atoms with Crippen LogP contribution in [-0.2, 0) is 21.4 Å². The lowest BCUT2D eigenvalue weighted by Crippen LogP contribution is -2.62. The lowest BCUT2D eigenvalue weighted by atomic mass is 9.79. The fraction of sp³-hybridized carbons (Fsp3) is 0.588. The van der Waals surface area contributed by atoms with Crippen molar-refractivity contribution in [3.8, 4) is 0 Å². The fourth-order valence-electron chi connectivity index (χ4n) is 3.66. The maximum Gasteiger partial charge on any atom is 0.332 e. The molecule has 134 valence electrons. The molecule has 1 heterocycles. The van der Waals surface area contributed by atoms with Crippen molar-refractivity contribution in [1.29, 1.82) is 0 Å². The fourth-order valence-corrected chi connectivity index (χ4v) is 4.12. The maximum atomic E-state index is 12.9. The van der Waals surface area contributed by atoms with Crippen molar-refractivity contribution in [2.75, 3.05) is 0 Å². The first-order valence-corrected chi connectivity index (χ1v) is 9.37. The van der Waals surface area contributed by atoms with Gasteiger partial charge in [0.1, 0.15) is 0 Å². The van der Waals surface area contributed by atoms with E-state index in [-0.39, 0.29) is 29.4 Å². The van der Waals surface area contributed by atoms with Crippen LogP contribution in [0.2, 0.25) is 0 Å². The number of amides is 1. The second-order valence-electron chi connectivity index (χ2n) is 7.82. The van der Waals surface area contributed by atoms with E-state index >= 15 is 0 Å². The summed E-state index contributed by atoms with van der Waals surface area (Å²) in [6.45, 7) is 8.46. The molecule has 0 bridgehead atoms. The van der Waals surface area contributed by atoms with Gasteiger partial charge in [0, 0.05) is 17.1 Å². The molecule has 0 radical (unpaired) electrons. The number of hydrogen-bond donors (Lipinski definition) is 2. The standard InChI is InChI=1S/C17H25FN2O3S/c1-16(2)10-13(11-17(3,4)20-16)19-15(21)9-12-5-7-14(8-6-12)24(18,22)23/h5-8,13,20H,9-11H2,1-4H3,(H,19,21). The summed E-state index contributed by atoms with van der Waals surface area (Å²) in [6.07, 6.45) is 1.81. The van der Waals surface area contributed by atoms with Crippen molar-refractivity contribution in [2.24, 2.45) is 0 Å². The number of halogens is 1. The normalized spacial score (nSPS) is 20.5. The summed E-state index contributed by atoms with van der Waals surface area (Å²) in [7, 11) is -4.70. The van der Waals surface area contributed by atoms with Gasteiger partial charge >= 0.3 is 10.2 Å². The second kappa shape index (κ2) is 6.44. The zero-order valence-electron chi connectivity index (χ0n) is 14.5. The summed E-state index contributed by atoms with van der Waals surface area (Å²) in [6, 6.07) is 5.35. The highest BCUT2D eigenvalue weighted by Crippen LogP contribution is 2.28. The average molecular weight is 356 g/mol. The minimum absolute atomic E-state index is 0.0587. The minimum atomic E-state index is -4.70. The number of rotatable bonds is 4. The van der Waals surface area contributed by atoms with Crippen LogP contribution in [0.3, 0.4) is 0 Å². The van der Waals surface area contributed by atoms with E-state index in [0.717, 1.165) is 12.8 Å². The Kier molecular flexibility index (Phi) is 5.06. The third-order valence-electron chi connectivity index (χ3n) is 4.12. The first-order chi connectivity index (χ1) is 10.9. The van der Waals surface area contributed by atoms with E-state index in [0.29, 0.717) is 5.56 Å². The zero-order chi connectivity index (χ0) is 18.2. The van der Waals surface area contributed by atoms with Crippen molar-refractivity contribution < 1.29 is 17.1 Å². The second-order valence-corrected chi connectivity index (χ2v) is 9.17. The van der Waals surface area contributed by atoms with Gasteiger partial charge in [0.15, 0.2) is 0 Å². The van der Waals surface area contributed by atoms with Gasteiger partial charge in [-0.1, -0.05) is 12.1 Å². The molecular weight excluding hydrogens is 331 g/mol. The summed E-state index contributed by atoms with van der Waals surface area (Å²) in [4.78, 5) is 11.9. The number of benzene rings is 1. The maximum absolute atomic E-state index is 12.9. The first-order valence-electron chi connectivity index (χ1n) is 7.99. The average Bonchev–Trinajstić information content (AvgIpc) is 2.33. The number of hydrogen-bond acceptors (Lipinski definition) is 4. The monoisotopic (exact) mass is 356 g/mol. The van der Waals surface area contributed by atoms with Gasteiger partial charge in [0.05, 0.1) is 11.3 Å². The summed E-state index contributed by atoms with van der Waals surface area (Å²) < 4.78 is 34.5. The summed E-state index contributed by atoms with van der Waals surface area (Å²) in [5, 5.41) is 6.61. The topological polar surface area (TPSA) is 75.3 Å². The van der Waals surface area contributed by atoms with Crippen molar-refractivity contribution in [1.82, 2.24) is 10.6 Å². The Morgan fingerprint density at radius 3 is 2.12 bits per heavy atom. The highest BCUT2D eigenvalue weighted by Gasteiger charge is 2.38. The molecule has 2 rings (SSSR count). The third-order valence-corrected chi connectivity index (χ3v) is 4.96. The third kappa shape index (κ3) is 5.27. The molecule has 1 saturated heterocycles.